The molecule has 100 valence electrons. The molecule has 0 spiro atoms. The lowest BCUT2D eigenvalue weighted by Crippen LogP contribution is -2.22. The van der Waals surface area contributed by atoms with E-state index in [-0.39, 0.29) is 12.0 Å². The van der Waals surface area contributed by atoms with Crippen LogP contribution >= 0.6 is 23.2 Å². The number of nitrogens with zero attached hydrogens (tertiary/aromatic N) is 1. The van der Waals surface area contributed by atoms with Crippen LogP contribution in [0.4, 0.5) is 11.6 Å². The van der Waals surface area contributed by atoms with Crippen molar-refractivity contribution in [1.29, 1.82) is 0 Å². The predicted molar refractivity (Wildman–Crippen MR) is 73.9 cm³/mol. The van der Waals surface area contributed by atoms with E-state index in [1.807, 2.05) is 0 Å². The fourth-order valence-corrected chi connectivity index (χ4v) is 2.65. The molecular weight excluding hydrogens is 275 g/mol. The number of rotatable bonds is 4. The smallest absolute Gasteiger partial charge is 0.161 e. The first-order valence-corrected chi connectivity index (χ1v) is 6.62. The molecule has 2 unspecified atom stereocenters. The van der Waals surface area contributed by atoms with Crippen molar-refractivity contribution in [2.75, 3.05) is 17.3 Å². The van der Waals surface area contributed by atoms with Crippen molar-refractivity contribution >= 4 is 34.8 Å². The summed E-state index contributed by atoms with van der Waals surface area (Å²) in [6, 6.07) is 1.58. The summed E-state index contributed by atoms with van der Waals surface area (Å²) in [6.45, 7) is 0.638. The van der Waals surface area contributed by atoms with Crippen LogP contribution in [-0.4, -0.2) is 22.7 Å². The lowest BCUT2D eigenvalue weighted by Gasteiger charge is -2.16. The molecule has 2 rings (SSSR count). The molecule has 1 aliphatic rings. The summed E-state index contributed by atoms with van der Waals surface area (Å²) >= 11 is 11.9. The molecule has 0 aliphatic heterocycles. The first-order valence-electron chi connectivity index (χ1n) is 5.86. The van der Waals surface area contributed by atoms with Crippen molar-refractivity contribution in [1.82, 2.24) is 4.98 Å². The van der Waals surface area contributed by atoms with Gasteiger partial charge in [0, 0.05) is 12.5 Å². The number of hydrogen-bond acceptors (Lipinski definition) is 5. The van der Waals surface area contributed by atoms with Gasteiger partial charge < -0.3 is 15.8 Å². The van der Waals surface area contributed by atoms with Gasteiger partial charge in [-0.05, 0) is 18.9 Å². The Morgan fingerprint density at radius 1 is 1.33 bits per heavy atom. The highest BCUT2D eigenvalue weighted by Gasteiger charge is 2.25. The first-order chi connectivity index (χ1) is 8.61. The summed E-state index contributed by atoms with van der Waals surface area (Å²) < 4.78 is 0. The standard InChI is InChI=1S/C11H16Cl2N4O/c12-7-4-8(13)11(17-14)16-10(7)15-5-6-2-1-3-9(6)18/h4,6,9,18H,1-3,5,14H2,(H2,15,16,17). The highest BCUT2D eigenvalue weighted by molar-refractivity contribution is 6.37. The van der Waals surface area contributed by atoms with Crippen LogP contribution in [0.5, 0.6) is 0 Å². The maximum Gasteiger partial charge on any atom is 0.161 e. The van der Waals surface area contributed by atoms with Crippen LogP contribution in [-0.2, 0) is 0 Å². The van der Waals surface area contributed by atoms with Crippen LogP contribution in [0.3, 0.4) is 0 Å². The average molecular weight is 291 g/mol. The fourth-order valence-electron chi connectivity index (χ4n) is 2.17. The molecule has 1 aromatic rings. The Hall–Kier alpha value is -0.750. The Kier molecular flexibility index (Phi) is 4.50. The van der Waals surface area contributed by atoms with Crippen LogP contribution in [0.15, 0.2) is 6.07 Å². The van der Waals surface area contributed by atoms with Crippen molar-refractivity contribution in [3.05, 3.63) is 16.1 Å². The van der Waals surface area contributed by atoms with E-state index in [2.05, 4.69) is 15.7 Å². The minimum absolute atomic E-state index is 0.240. The van der Waals surface area contributed by atoms with Gasteiger partial charge in [-0.3, -0.25) is 0 Å². The summed E-state index contributed by atoms with van der Waals surface area (Å²) in [5, 5.41) is 13.7. The zero-order valence-corrected chi connectivity index (χ0v) is 11.3. The third kappa shape index (κ3) is 2.98. The van der Waals surface area contributed by atoms with Crippen LogP contribution in [0, 0.1) is 5.92 Å². The van der Waals surface area contributed by atoms with Gasteiger partial charge in [0.1, 0.15) is 5.82 Å². The molecule has 5 N–H and O–H groups in total. The van der Waals surface area contributed by atoms with Gasteiger partial charge >= 0.3 is 0 Å². The molecule has 1 aliphatic carbocycles. The summed E-state index contributed by atoms with van der Waals surface area (Å²) in [7, 11) is 0. The molecule has 1 fully saturated rings. The molecule has 5 nitrogen and oxygen atoms in total. The maximum absolute atomic E-state index is 9.73. The van der Waals surface area contributed by atoms with E-state index in [0.29, 0.717) is 28.2 Å². The molecule has 0 aromatic carbocycles. The molecule has 1 saturated carbocycles. The molecule has 1 aromatic heterocycles. The quantitative estimate of drug-likeness (QED) is 0.505. The number of nitrogens with one attached hydrogen (secondary N) is 2. The molecule has 1 heterocycles. The van der Waals surface area contributed by atoms with Crippen molar-refractivity contribution < 1.29 is 5.11 Å². The third-order valence-corrected chi connectivity index (χ3v) is 3.79. The number of aliphatic hydroxyl groups is 1. The molecule has 0 bridgehead atoms. The average Bonchev–Trinajstić information content (AvgIpc) is 2.74. The number of aliphatic hydroxyl groups excluding tert-OH is 1. The van der Waals surface area contributed by atoms with Gasteiger partial charge in [-0.15, -0.1) is 0 Å². The fraction of sp³-hybridized carbons (Fsp3) is 0.545. The SMILES string of the molecule is NNc1nc(NCC2CCCC2O)c(Cl)cc1Cl. The van der Waals surface area contributed by atoms with E-state index in [0.717, 1.165) is 19.3 Å². The van der Waals surface area contributed by atoms with Crippen molar-refractivity contribution in [2.45, 2.75) is 25.4 Å². The van der Waals surface area contributed by atoms with Gasteiger partial charge in [0.05, 0.1) is 16.1 Å². The molecule has 7 heteroatoms. The molecule has 0 saturated heterocycles. The second-order valence-corrected chi connectivity index (χ2v) is 5.25. The van der Waals surface area contributed by atoms with Crippen LogP contribution in [0.25, 0.3) is 0 Å². The number of aromatic nitrogens is 1. The highest BCUT2D eigenvalue weighted by atomic mass is 35.5. The van der Waals surface area contributed by atoms with Gasteiger partial charge in [0.15, 0.2) is 5.82 Å². The van der Waals surface area contributed by atoms with Crippen LogP contribution in [0.2, 0.25) is 10.0 Å². The number of hydrogen-bond donors (Lipinski definition) is 4. The van der Waals surface area contributed by atoms with Gasteiger partial charge in [0.25, 0.3) is 0 Å². The monoisotopic (exact) mass is 290 g/mol. The molecule has 2 atom stereocenters. The molecule has 0 radical (unpaired) electrons. The molecule has 0 amide bonds. The largest absolute Gasteiger partial charge is 0.393 e. The number of hydrazine groups is 1. The summed E-state index contributed by atoms with van der Waals surface area (Å²) in [6.07, 6.45) is 2.70. The molecular formula is C11H16Cl2N4O. The summed E-state index contributed by atoms with van der Waals surface area (Å²) in [5.41, 5.74) is 2.41. The van der Waals surface area contributed by atoms with Crippen LogP contribution < -0.4 is 16.6 Å². The van der Waals surface area contributed by atoms with Crippen molar-refractivity contribution in [3.63, 3.8) is 0 Å². The van der Waals surface area contributed by atoms with E-state index in [9.17, 15) is 5.11 Å². The van der Waals surface area contributed by atoms with Crippen molar-refractivity contribution in [3.8, 4) is 0 Å². The maximum atomic E-state index is 9.73. The van der Waals surface area contributed by atoms with E-state index in [1.165, 1.54) is 0 Å². The molecule has 18 heavy (non-hydrogen) atoms. The number of anilines is 2. The Morgan fingerprint density at radius 3 is 2.67 bits per heavy atom. The zero-order valence-electron chi connectivity index (χ0n) is 9.79. The summed E-state index contributed by atoms with van der Waals surface area (Å²) in [5.74, 6) is 6.44. The van der Waals surface area contributed by atoms with Crippen LogP contribution in [0.1, 0.15) is 19.3 Å². The Bertz CT molecular complexity index is 430. The number of nitrogen functional groups attached to an aromatic ring is 1. The van der Waals surface area contributed by atoms with E-state index >= 15 is 0 Å². The lowest BCUT2D eigenvalue weighted by atomic mass is 10.1. The highest BCUT2D eigenvalue weighted by Crippen LogP contribution is 2.30. The van der Waals surface area contributed by atoms with Crippen molar-refractivity contribution in [2.24, 2.45) is 11.8 Å². The van der Waals surface area contributed by atoms with Gasteiger partial charge in [-0.2, -0.15) is 0 Å². The van der Waals surface area contributed by atoms with E-state index in [1.54, 1.807) is 6.07 Å². The zero-order chi connectivity index (χ0) is 13.1. The number of halogens is 2. The number of nitrogens with two attached hydrogens (primary N) is 1. The first kappa shape index (κ1) is 13.7. The number of pyridine rings is 1. The normalized spacial score (nSPS) is 23.1. The minimum Gasteiger partial charge on any atom is -0.393 e. The van der Waals surface area contributed by atoms with Gasteiger partial charge in [-0.25, -0.2) is 10.8 Å². The minimum atomic E-state index is -0.240. The third-order valence-electron chi connectivity index (χ3n) is 3.22. The topological polar surface area (TPSA) is 83.2 Å². The van der Waals surface area contributed by atoms with Gasteiger partial charge in [0.2, 0.25) is 0 Å². The Labute approximate surface area is 116 Å². The lowest BCUT2D eigenvalue weighted by molar-refractivity contribution is 0.138. The predicted octanol–water partition coefficient (Wildman–Crippen LogP) is 2.25. The Morgan fingerprint density at radius 2 is 2.06 bits per heavy atom. The second kappa shape index (κ2) is 5.93. The summed E-state index contributed by atoms with van der Waals surface area (Å²) in [4.78, 5) is 4.18. The Balaban J connectivity index is 2.04. The second-order valence-electron chi connectivity index (χ2n) is 4.43. The van der Waals surface area contributed by atoms with Gasteiger partial charge in [-0.1, -0.05) is 29.6 Å². The van der Waals surface area contributed by atoms with E-state index < -0.39 is 0 Å². The van der Waals surface area contributed by atoms with E-state index in [4.69, 9.17) is 29.0 Å².